The van der Waals surface area contributed by atoms with Crippen molar-refractivity contribution in [3.63, 3.8) is 0 Å². The van der Waals surface area contributed by atoms with E-state index in [1.165, 1.54) is 0 Å². The lowest BCUT2D eigenvalue weighted by atomic mass is 10.3. The highest BCUT2D eigenvalue weighted by atomic mass is 16.6. The molecule has 1 aliphatic heterocycles. The van der Waals surface area contributed by atoms with Gasteiger partial charge in [0.15, 0.2) is 0 Å². The van der Waals surface area contributed by atoms with Gasteiger partial charge in [0.1, 0.15) is 5.69 Å². The van der Waals surface area contributed by atoms with Crippen LogP contribution in [0.2, 0.25) is 0 Å². The first-order valence-electron chi connectivity index (χ1n) is 7.19. The number of morpholine rings is 1. The number of nitrogens with zero attached hydrogens (tertiary/aromatic N) is 5. The van der Waals surface area contributed by atoms with Gasteiger partial charge in [0.2, 0.25) is 11.8 Å². The molecule has 0 amide bonds. The molecule has 0 spiro atoms. The molecule has 21 heavy (non-hydrogen) atoms. The minimum absolute atomic E-state index is 0.00397. The maximum absolute atomic E-state index is 11.3. The largest absolute Gasteiger partial charge is 0.378 e. The average Bonchev–Trinajstić information content (AvgIpc) is 2.48. The molecule has 8 nitrogen and oxygen atoms in total. The van der Waals surface area contributed by atoms with Gasteiger partial charge >= 0.3 is 5.69 Å². The summed E-state index contributed by atoms with van der Waals surface area (Å²) in [6, 6.07) is 0. The van der Waals surface area contributed by atoms with Gasteiger partial charge in [-0.15, -0.1) is 0 Å². The summed E-state index contributed by atoms with van der Waals surface area (Å²) in [7, 11) is 0. The zero-order chi connectivity index (χ0) is 15.4. The third-order valence-corrected chi connectivity index (χ3v) is 3.57. The minimum atomic E-state index is -0.397. The number of ether oxygens (including phenoxy) is 1. The lowest BCUT2D eigenvalue weighted by Gasteiger charge is -2.28. The summed E-state index contributed by atoms with van der Waals surface area (Å²) in [5.41, 5.74) is 0.397. The zero-order valence-corrected chi connectivity index (χ0v) is 12.7. The summed E-state index contributed by atoms with van der Waals surface area (Å²) in [6.07, 6.45) is 0. The predicted octanol–water partition coefficient (Wildman–Crippen LogP) is 1.38. The Morgan fingerprint density at radius 2 is 1.90 bits per heavy atom. The number of nitro groups is 1. The van der Waals surface area contributed by atoms with E-state index in [1.54, 1.807) is 6.92 Å². The van der Waals surface area contributed by atoms with Crippen LogP contribution in [0.5, 0.6) is 0 Å². The molecule has 0 bridgehead atoms. The van der Waals surface area contributed by atoms with E-state index in [2.05, 4.69) is 9.97 Å². The lowest BCUT2D eigenvalue weighted by Crippen LogP contribution is -2.38. The first-order chi connectivity index (χ1) is 10.1. The van der Waals surface area contributed by atoms with Crippen LogP contribution >= 0.6 is 0 Å². The molecule has 8 heteroatoms. The van der Waals surface area contributed by atoms with Gasteiger partial charge in [0, 0.05) is 26.2 Å². The van der Waals surface area contributed by atoms with Crippen LogP contribution in [0, 0.1) is 17.0 Å². The molecule has 2 heterocycles. The second-order valence-corrected chi connectivity index (χ2v) is 4.81. The second kappa shape index (κ2) is 6.66. The third kappa shape index (κ3) is 3.21. The van der Waals surface area contributed by atoms with Crippen molar-refractivity contribution in [2.24, 2.45) is 0 Å². The topological polar surface area (TPSA) is 84.6 Å². The van der Waals surface area contributed by atoms with Gasteiger partial charge in [-0.1, -0.05) is 0 Å². The quantitative estimate of drug-likeness (QED) is 0.599. The molecule has 1 aromatic rings. The molecular weight excluding hydrogens is 274 g/mol. The van der Waals surface area contributed by atoms with Gasteiger partial charge < -0.3 is 14.5 Å². The van der Waals surface area contributed by atoms with Crippen LogP contribution in [-0.4, -0.2) is 54.3 Å². The highest BCUT2D eigenvalue weighted by Crippen LogP contribution is 2.30. The van der Waals surface area contributed by atoms with Crippen molar-refractivity contribution in [3.05, 3.63) is 15.8 Å². The van der Waals surface area contributed by atoms with Crippen LogP contribution in [0.3, 0.4) is 0 Å². The molecule has 0 N–H and O–H groups in total. The number of hydrogen-bond acceptors (Lipinski definition) is 7. The molecule has 0 aromatic carbocycles. The summed E-state index contributed by atoms with van der Waals surface area (Å²) in [5, 5.41) is 11.3. The van der Waals surface area contributed by atoms with Crippen LogP contribution in [-0.2, 0) is 4.74 Å². The van der Waals surface area contributed by atoms with Crippen LogP contribution < -0.4 is 9.80 Å². The minimum Gasteiger partial charge on any atom is -0.378 e. The fourth-order valence-electron chi connectivity index (χ4n) is 2.40. The first kappa shape index (κ1) is 15.4. The van der Waals surface area contributed by atoms with E-state index in [9.17, 15) is 10.1 Å². The molecule has 2 rings (SSSR count). The molecule has 0 aliphatic carbocycles. The maximum Gasteiger partial charge on any atom is 0.332 e. The Hall–Kier alpha value is -1.96. The van der Waals surface area contributed by atoms with E-state index >= 15 is 0 Å². The summed E-state index contributed by atoms with van der Waals surface area (Å²) in [6.45, 7) is 9.56. The van der Waals surface area contributed by atoms with E-state index < -0.39 is 4.92 Å². The molecule has 0 unspecified atom stereocenters. The Labute approximate surface area is 123 Å². The van der Waals surface area contributed by atoms with Crippen LogP contribution in [0.15, 0.2) is 0 Å². The Balaban J connectivity index is 2.47. The molecule has 0 atom stereocenters. The van der Waals surface area contributed by atoms with Crippen LogP contribution in [0.25, 0.3) is 0 Å². The van der Waals surface area contributed by atoms with Crippen molar-refractivity contribution in [1.82, 2.24) is 9.97 Å². The Morgan fingerprint density at radius 1 is 1.29 bits per heavy atom. The maximum atomic E-state index is 11.3. The van der Waals surface area contributed by atoms with E-state index in [0.717, 1.165) is 0 Å². The van der Waals surface area contributed by atoms with Gasteiger partial charge in [-0.2, -0.15) is 4.98 Å². The van der Waals surface area contributed by atoms with Crippen molar-refractivity contribution < 1.29 is 9.66 Å². The smallest absolute Gasteiger partial charge is 0.332 e. The van der Waals surface area contributed by atoms with E-state index in [1.807, 2.05) is 23.6 Å². The molecular formula is C13H21N5O3. The number of aryl methyl sites for hydroxylation is 1. The number of rotatable bonds is 5. The monoisotopic (exact) mass is 295 g/mol. The molecule has 0 saturated carbocycles. The van der Waals surface area contributed by atoms with Crippen molar-refractivity contribution >= 4 is 17.5 Å². The normalized spacial score (nSPS) is 15.1. The standard InChI is InChI=1S/C13H21N5O3/c1-4-16(5-2)12-11(18(19)20)10(3)14-13(15-12)17-6-8-21-9-7-17/h4-9H2,1-3H3. The van der Waals surface area contributed by atoms with E-state index in [-0.39, 0.29) is 5.69 Å². The summed E-state index contributed by atoms with van der Waals surface area (Å²) < 4.78 is 5.32. The SMILES string of the molecule is CCN(CC)c1nc(N2CCOCC2)nc(C)c1[N+](=O)[O-]. The molecule has 1 fully saturated rings. The highest BCUT2D eigenvalue weighted by molar-refractivity contribution is 5.62. The van der Waals surface area contributed by atoms with Gasteiger partial charge in [-0.05, 0) is 20.8 Å². The lowest BCUT2D eigenvalue weighted by molar-refractivity contribution is -0.385. The zero-order valence-electron chi connectivity index (χ0n) is 12.7. The summed E-state index contributed by atoms with van der Waals surface area (Å²) >= 11 is 0. The number of aromatic nitrogens is 2. The van der Waals surface area contributed by atoms with Crippen LogP contribution in [0.4, 0.5) is 17.5 Å². The first-order valence-corrected chi connectivity index (χ1v) is 7.19. The summed E-state index contributed by atoms with van der Waals surface area (Å²) in [4.78, 5) is 23.6. The highest BCUT2D eigenvalue weighted by Gasteiger charge is 2.27. The average molecular weight is 295 g/mol. The van der Waals surface area contributed by atoms with Crippen molar-refractivity contribution in [2.45, 2.75) is 20.8 Å². The Bertz CT molecular complexity index is 513. The third-order valence-electron chi connectivity index (χ3n) is 3.57. The van der Waals surface area contributed by atoms with Gasteiger partial charge in [-0.3, -0.25) is 10.1 Å². The van der Waals surface area contributed by atoms with Gasteiger partial charge in [0.05, 0.1) is 18.1 Å². The van der Waals surface area contributed by atoms with Crippen molar-refractivity contribution in [2.75, 3.05) is 49.2 Å². The molecule has 116 valence electrons. The van der Waals surface area contributed by atoms with E-state index in [0.29, 0.717) is 56.9 Å². The number of hydrogen-bond donors (Lipinski definition) is 0. The molecule has 0 radical (unpaired) electrons. The molecule has 1 aromatic heterocycles. The second-order valence-electron chi connectivity index (χ2n) is 4.81. The van der Waals surface area contributed by atoms with Crippen molar-refractivity contribution in [1.29, 1.82) is 0 Å². The van der Waals surface area contributed by atoms with Gasteiger partial charge in [-0.25, -0.2) is 4.98 Å². The van der Waals surface area contributed by atoms with Gasteiger partial charge in [0.25, 0.3) is 0 Å². The Kier molecular flexibility index (Phi) is 4.89. The van der Waals surface area contributed by atoms with Crippen molar-refractivity contribution in [3.8, 4) is 0 Å². The Morgan fingerprint density at radius 3 is 2.43 bits per heavy atom. The van der Waals surface area contributed by atoms with E-state index in [4.69, 9.17) is 4.74 Å². The molecule has 1 aliphatic rings. The number of anilines is 2. The molecule has 1 saturated heterocycles. The van der Waals surface area contributed by atoms with Crippen LogP contribution in [0.1, 0.15) is 19.5 Å². The predicted molar refractivity (Wildman–Crippen MR) is 80.0 cm³/mol. The summed E-state index contributed by atoms with van der Waals surface area (Å²) in [5.74, 6) is 0.947. The fourth-order valence-corrected chi connectivity index (χ4v) is 2.40. The fraction of sp³-hybridized carbons (Fsp3) is 0.692.